The van der Waals surface area contributed by atoms with E-state index in [4.69, 9.17) is 0 Å². The Morgan fingerprint density at radius 3 is 2.87 bits per heavy atom. The average Bonchev–Trinajstić information content (AvgIpc) is 2.62. The average molecular weight is 211 g/mol. The van der Waals surface area contributed by atoms with Gasteiger partial charge in [0.05, 0.1) is 6.61 Å². The van der Waals surface area contributed by atoms with Crippen LogP contribution in [0.15, 0.2) is 30.5 Å². The number of para-hydroxylation sites is 1. The molecule has 1 N–H and O–H groups in total. The highest BCUT2D eigenvalue weighted by Gasteiger charge is 2.05. The lowest BCUT2D eigenvalue weighted by atomic mass is 10.1. The molecule has 80 valence electrons. The zero-order valence-corrected chi connectivity index (χ0v) is 8.04. The second-order valence-corrected chi connectivity index (χ2v) is 3.24. The Morgan fingerprint density at radius 2 is 2.07 bits per heavy atom. The highest BCUT2D eigenvalue weighted by atomic mass is 19.3. The van der Waals surface area contributed by atoms with Crippen molar-refractivity contribution < 1.29 is 13.5 Å². The van der Waals surface area contributed by atoms with Crippen LogP contribution < -0.4 is 0 Å². The smallest absolute Gasteiger partial charge is 0.345 e. The summed E-state index contributed by atoms with van der Waals surface area (Å²) >= 11 is 0. The van der Waals surface area contributed by atoms with Crippen LogP contribution in [0.25, 0.3) is 10.9 Å². The number of benzene rings is 1. The first kappa shape index (κ1) is 10.1. The van der Waals surface area contributed by atoms with Crippen LogP contribution in [0.4, 0.5) is 8.78 Å². The molecule has 15 heavy (non-hydrogen) atoms. The maximum absolute atomic E-state index is 11.7. The van der Waals surface area contributed by atoms with E-state index < -0.39 is 6.61 Å². The molecule has 0 amide bonds. The van der Waals surface area contributed by atoms with E-state index in [1.165, 1.54) is 0 Å². The standard InChI is InChI=1S/C11H11F2NO/c12-11(13)15-6-5-8-7-14-10-4-2-1-3-9(8)10/h1-4,7,11,14H,5-6H2. The molecule has 4 heteroatoms. The lowest BCUT2D eigenvalue weighted by Crippen LogP contribution is -2.03. The predicted molar refractivity (Wildman–Crippen MR) is 54.0 cm³/mol. The molecule has 1 aromatic heterocycles. The molecule has 0 aliphatic heterocycles. The van der Waals surface area contributed by atoms with Crippen molar-refractivity contribution in [3.8, 4) is 0 Å². The first-order valence-corrected chi connectivity index (χ1v) is 4.72. The maximum Gasteiger partial charge on any atom is 0.345 e. The van der Waals surface area contributed by atoms with Gasteiger partial charge in [0.25, 0.3) is 0 Å². The largest absolute Gasteiger partial charge is 0.361 e. The SMILES string of the molecule is FC(F)OCCc1c[nH]c2ccccc12. The molecule has 0 bridgehead atoms. The number of nitrogens with one attached hydrogen (secondary N) is 1. The molecule has 2 nitrogen and oxygen atoms in total. The van der Waals surface area contributed by atoms with Crippen molar-refractivity contribution in [1.29, 1.82) is 0 Å². The Kier molecular flexibility index (Phi) is 2.97. The van der Waals surface area contributed by atoms with Crippen LogP contribution in [-0.4, -0.2) is 18.2 Å². The summed E-state index contributed by atoms with van der Waals surface area (Å²) < 4.78 is 27.7. The minimum absolute atomic E-state index is 0.0412. The zero-order valence-electron chi connectivity index (χ0n) is 8.04. The van der Waals surface area contributed by atoms with Gasteiger partial charge >= 0.3 is 6.61 Å². The molecule has 0 atom stereocenters. The van der Waals surface area contributed by atoms with Gasteiger partial charge in [-0.05, 0) is 18.1 Å². The Morgan fingerprint density at radius 1 is 1.27 bits per heavy atom. The second-order valence-electron chi connectivity index (χ2n) is 3.24. The molecule has 2 rings (SSSR count). The lowest BCUT2D eigenvalue weighted by molar-refractivity contribution is -0.127. The number of aromatic amines is 1. The van der Waals surface area contributed by atoms with E-state index in [-0.39, 0.29) is 6.61 Å². The number of halogens is 2. The summed E-state index contributed by atoms with van der Waals surface area (Å²) in [5, 5.41) is 1.07. The fourth-order valence-corrected chi connectivity index (χ4v) is 1.60. The van der Waals surface area contributed by atoms with Crippen molar-refractivity contribution in [2.75, 3.05) is 6.61 Å². The van der Waals surface area contributed by atoms with Crippen LogP contribution in [0.3, 0.4) is 0 Å². The van der Waals surface area contributed by atoms with Gasteiger partial charge in [-0.15, -0.1) is 0 Å². The fourth-order valence-electron chi connectivity index (χ4n) is 1.60. The third-order valence-corrected chi connectivity index (χ3v) is 2.29. The van der Waals surface area contributed by atoms with Crippen LogP contribution in [-0.2, 0) is 11.2 Å². The number of alkyl halides is 2. The number of rotatable bonds is 4. The Bertz CT molecular complexity index is 439. The third kappa shape index (κ3) is 2.33. The van der Waals surface area contributed by atoms with Gasteiger partial charge in [0, 0.05) is 17.1 Å². The van der Waals surface area contributed by atoms with Crippen molar-refractivity contribution in [2.45, 2.75) is 13.0 Å². The van der Waals surface area contributed by atoms with E-state index in [0.29, 0.717) is 6.42 Å². The predicted octanol–water partition coefficient (Wildman–Crippen LogP) is 2.95. The molecule has 0 aliphatic carbocycles. The summed E-state index contributed by atoms with van der Waals surface area (Å²) in [7, 11) is 0. The highest BCUT2D eigenvalue weighted by molar-refractivity contribution is 5.82. The summed E-state index contributed by atoms with van der Waals surface area (Å²) in [6, 6.07) is 7.77. The summed E-state index contributed by atoms with van der Waals surface area (Å²) in [6.45, 7) is -2.64. The highest BCUT2D eigenvalue weighted by Crippen LogP contribution is 2.18. The fraction of sp³-hybridized carbons (Fsp3) is 0.273. The number of ether oxygens (including phenoxy) is 1. The number of aromatic nitrogens is 1. The molecular formula is C11H11F2NO. The van der Waals surface area contributed by atoms with Gasteiger partial charge in [0.1, 0.15) is 0 Å². The molecule has 0 fully saturated rings. The van der Waals surface area contributed by atoms with Crippen molar-refractivity contribution in [2.24, 2.45) is 0 Å². The number of hydrogen-bond donors (Lipinski definition) is 1. The van der Waals surface area contributed by atoms with E-state index in [2.05, 4.69) is 9.72 Å². The van der Waals surface area contributed by atoms with E-state index in [1.807, 2.05) is 30.5 Å². The van der Waals surface area contributed by atoms with Gasteiger partial charge in [-0.25, -0.2) is 0 Å². The van der Waals surface area contributed by atoms with E-state index in [1.54, 1.807) is 0 Å². The van der Waals surface area contributed by atoms with E-state index >= 15 is 0 Å². The zero-order chi connectivity index (χ0) is 10.7. The van der Waals surface area contributed by atoms with Crippen LogP contribution in [0.1, 0.15) is 5.56 Å². The minimum atomic E-state index is -2.68. The lowest BCUT2D eigenvalue weighted by Gasteiger charge is -2.01. The molecule has 0 unspecified atom stereocenters. The van der Waals surface area contributed by atoms with Crippen LogP contribution in [0.5, 0.6) is 0 Å². The number of hydrogen-bond acceptors (Lipinski definition) is 1. The molecule has 1 aromatic carbocycles. The summed E-state index contributed by atoms with van der Waals surface area (Å²) in [5.41, 5.74) is 2.02. The monoisotopic (exact) mass is 211 g/mol. The minimum Gasteiger partial charge on any atom is -0.361 e. The van der Waals surface area contributed by atoms with Crippen LogP contribution in [0.2, 0.25) is 0 Å². The second kappa shape index (κ2) is 4.40. The van der Waals surface area contributed by atoms with E-state index in [9.17, 15) is 8.78 Å². The van der Waals surface area contributed by atoms with Gasteiger partial charge in [-0.3, -0.25) is 0 Å². The number of fused-ring (bicyclic) bond motifs is 1. The Hall–Kier alpha value is -1.42. The molecule has 0 aliphatic rings. The van der Waals surface area contributed by atoms with Crippen LogP contribution in [0, 0.1) is 0 Å². The molecule has 0 radical (unpaired) electrons. The van der Waals surface area contributed by atoms with Crippen LogP contribution >= 0.6 is 0 Å². The summed E-state index contributed by atoms with van der Waals surface area (Å²) in [6.07, 6.45) is 2.33. The summed E-state index contributed by atoms with van der Waals surface area (Å²) in [5.74, 6) is 0. The Balaban J connectivity index is 2.08. The van der Waals surface area contributed by atoms with Gasteiger partial charge in [-0.1, -0.05) is 18.2 Å². The molecular weight excluding hydrogens is 200 g/mol. The van der Waals surface area contributed by atoms with E-state index in [0.717, 1.165) is 16.5 Å². The van der Waals surface area contributed by atoms with Crippen molar-refractivity contribution in [1.82, 2.24) is 4.98 Å². The first-order valence-electron chi connectivity index (χ1n) is 4.72. The Labute approximate surface area is 85.9 Å². The maximum atomic E-state index is 11.7. The molecule has 1 heterocycles. The molecule has 0 saturated heterocycles. The van der Waals surface area contributed by atoms with Crippen molar-refractivity contribution in [3.05, 3.63) is 36.0 Å². The first-order chi connectivity index (χ1) is 7.27. The molecule has 0 saturated carbocycles. The third-order valence-electron chi connectivity index (χ3n) is 2.29. The summed E-state index contributed by atoms with van der Waals surface area (Å²) in [4.78, 5) is 3.08. The topological polar surface area (TPSA) is 25.0 Å². The van der Waals surface area contributed by atoms with Gasteiger partial charge in [0.2, 0.25) is 0 Å². The number of H-pyrrole nitrogens is 1. The molecule has 2 aromatic rings. The van der Waals surface area contributed by atoms with Gasteiger partial charge in [-0.2, -0.15) is 8.78 Å². The van der Waals surface area contributed by atoms with Gasteiger partial charge in [0.15, 0.2) is 0 Å². The van der Waals surface area contributed by atoms with Gasteiger partial charge < -0.3 is 9.72 Å². The normalized spacial score (nSPS) is 11.4. The quantitative estimate of drug-likeness (QED) is 0.826. The van der Waals surface area contributed by atoms with Crippen molar-refractivity contribution in [3.63, 3.8) is 0 Å². The molecule has 0 spiro atoms. The van der Waals surface area contributed by atoms with Crippen molar-refractivity contribution >= 4 is 10.9 Å².